The molecule has 0 bridgehead atoms. The molecule has 26 heavy (non-hydrogen) atoms. The molecule has 1 heterocycles. The van der Waals surface area contributed by atoms with E-state index in [2.05, 4.69) is 22.5 Å². The van der Waals surface area contributed by atoms with Crippen LogP contribution < -0.4 is 15.5 Å². The first-order valence-corrected chi connectivity index (χ1v) is 9.47. The van der Waals surface area contributed by atoms with Crippen molar-refractivity contribution in [2.24, 2.45) is 5.92 Å². The second-order valence-electron chi connectivity index (χ2n) is 6.76. The summed E-state index contributed by atoms with van der Waals surface area (Å²) in [4.78, 5) is 26.8. The molecule has 7 heteroatoms. The smallest absolute Gasteiger partial charge is 0.253 e. The van der Waals surface area contributed by atoms with Gasteiger partial charge in [0.05, 0.1) is 12.2 Å². The van der Waals surface area contributed by atoms with Gasteiger partial charge in [-0.1, -0.05) is 6.92 Å². The van der Waals surface area contributed by atoms with E-state index in [4.69, 9.17) is 16.3 Å². The number of ether oxygens (including phenoxy) is 1. The van der Waals surface area contributed by atoms with E-state index in [0.29, 0.717) is 30.3 Å². The molecule has 0 unspecified atom stereocenters. The Bertz CT molecular complexity index is 628. The first-order valence-electron chi connectivity index (χ1n) is 9.03. The number of carbonyl (C=O) groups is 2. The van der Waals surface area contributed by atoms with Crippen LogP contribution in [0.15, 0.2) is 18.2 Å². The molecular formula is C19H28ClN3O3. The number of methoxy groups -OCH3 is 1. The monoisotopic (exact) mass is 381 g/mol. The summed E-state index contributed by atoms with van der Waals surface area (Å²) in [6.45, 7) is 6.58. The fraction of sp³-hybridized carbons (Fsp3) is 0.579. The Balaban J connectivity index is 2.24. The number of carbonyl (C=O) groups excluding carboxylic acids is 2. The van der Waals surface area contributed by atoms with Crippen LogP contribution in [0.4, 0.5) is 11.4 Å². The van der Waals surface area contributed by atoms with Crippen LogP contribution in [0.2, 0.25) is 0 Å². The molecule has 0 spiro atoms. The van der Waals surface area contributed by atoms with E-state index in [9.17, 15) is 9.59 Å². The summed E-state index contributed by atoms with van der Waals surface area (Å²) in [6, 6.07) is 5.43. The van der Waals surface area contributed by atoms with Crippen LogP contribution in [0.25, 0.3) is 0 Å². The molecule has 0 radical (unpaired) electrons. The summed E-state index contributed by atoms with van der Waals surface area (Å²) >= 11 is 5.82. The molecule has 1 atom stereocenters. The van der Waals surface area contributed by atoms with Gasteiger partial charge in [0.1, 0.15) is 5.38 Å². The molecule has 1 aromatic rings. The minimum absolute atomic E-state index is 0.175. The standard InChI is InChI=1S/C19H28ClN3O3/c1-13-6-9-23(10-7-13)17-5-4-15(22-18(24)14(2)20)12-16(17)19(25)21-8-11-26-3/h4-5,12-14H,6-11H2,1-3H3,(H,21,25)(H,22,24)/t14-/m0/s1. The lowest BCUT2D eigenvalue weighted by Gasteiger charge is -2.33. The number of hydrogen-bond acceptors (Lipinski definition) is 4. The first-order chi connectivity index (χ1) is 12.4. The van der Waals surface area contributed by atoms with Crippen molar-refractivity contribution in [1.82, 2.24) is 5.32 Å². The number of piperidine rings is 1. The lowest BCUT2D eigenvalue weighted by atomic mass is 9.97. The van der Waals surface area contributed by atoms with Gasteiger partial charge in [0.2, 0.25) is 5.91 Å². The maximum absolute atomic E-state index is 12.7. The van der Waals surface area contributed by atoms with Gasteiger partial charge < -0.3 is 20.3 Å². The quantitative estimate of drug-likeness (QED) is 0.562. The number of nitrogens with zero attached hydrogens (tertiary/aromatic N) is 1. The van der Waals surface area contributed by atoms with Crippen molar-refractivity contribution in [1.29, 1.82) is 0 Å². The zero-order valence-electron chi connectivity index (χ0n) is 15.7. The predicted molar refractivity (Wildman–Crippen MR) is 105 cm³/mol. The molecule has 0 saturated carbocycles. The van der Waals surface area contributed by atoms with Gasteiger partial charge in [-0.15, -0.1) is 11.6 Å². The van der Waals surface area contributed by atoms with Crippen molar-refractivity contribution in [3.8, 4) is 0 Å². The van der Waals surface area contributed by atoms with Crippen LogP contribution >= 0.6 is 11.6 Å². The van der Waals surface area contributed by atoms with Gasteiger partial charge in [-0.2, -0.15) is 0 Å². The number of nitrogens with one attached hydrogen (secondary N) is 2. The SMILES string of the molecule is COCCNC(=O)c1cc(NC(=O)[C@H](C)Cl)ccc1N1CCC(C)CC1. The molecule has 0 aliphatic carbocycles. The first kappa shape index (κ1) is 20.5. The Hall–Kier alpha value is -1.79. The van der Waals surface area contributed by atoms with E-state index in [1.165, 1.54) is 0 Å². The minimum atomic E-state index is -0.641. The molecule has 1 fully saturated rings. The van der Waals surface area contributed by atoms with Crippen molar-refractivity contribution < 1.29 is 14.3 Å². The summed E-state index contributed by atoms with van der Waals surface area (Å²) in [6.07, 6.45) is 2.21. The summed E-state index contributed by atoms with van der Waals surface area (Å²) in [7, 11) is 1.59. The summed E-state index contributed by atoms with van der Waals surface area (Å²) < 4.78 is 4.99. The zero-order valence-corrected chi connectivity index (χ0v) is 16.4. The van der Waals surface area contributed by atoms with Crippen LogP contribution in [0.1, 0.15) is 37.0 Å². The fourth-order valence-corrected chi connectivity index (χ4v) is 2.98. The van der Waals surface area contributed by atoms with Crippen LogP contribution in [0.3, 0.4) is 0 Å². The van der Waals surface area contributed by atoms with Crippen molar-refractivity contribution in [2.45, 2.75) is 32.1 Å². The van der Waals surface area contributed by atoms with Crippen LogP contribution in [-0.4, -0.2) is 50.5 Å². The van der Waals surface area contributed by atoms with Gasteiger partial charge in [0, 0.05) is 38.1 Å². The van der Waals surface area contributed by atoms with Crippen molar-refractivity contribution in [3.05, 3.63) is 23.8 Å². The highest BCUT2D eigenvalue weighted by atomic mass is 35.5. The van der Waals surface area contributed by atoms with E-state index < -0.39 is 5.38 Å². The fourth-order valence-electron chi connectivity index (χ4n) is 2.92. The highest BCUT2D eigenvalue weighted by Crippen LogP contribution is 2.28. The van der Waals surface area contributed by atoms with Crippen molar-refractivity contribution in [3.63, 3.8) is 0 Å². The van der Waals surface area contributed by atoms with E-state index in [1.54, 1.807) is 20.1 Å². The Morgan fingerprint density at radius 3 is 2.65 bits per heavy atom. The maximum Gasteiger partial charge on any atom is 0.253 e. The molecule has 2 rings (SSSR count). The Kier molecular flexibility index (Phi) is 7.72. The number of hydrogen-bond donors (Lipinski definition) is 2. The van der Waals surface area contributed by atoms with Gasteiger partial charge in [-0.25, -0.2) is 0 Å². The van der Waals surface area contributed by atoms with Gasteiger partial charge >= 0.3 is 0 Å². The largest absolute Gasteiger partial charge is 0.383 e. The normalized spacial score (nSPS) is 16.2. The Morgan fingerprint density at radius 1 is 1.35 bits per heavy atom. The Morgan fingerprint density at radius 2 is 2.04 bits per heavy atom. The molecule has 0 aromatic heterocycles. The van der Waals surface area contributed by atoms with Crippen LogP contribution in [0.5, 0.6) is 0 Å². The summed E-state index contributed by atoms with van der Waals surface area (Å²) in [5.41, 5.74) is 2.01. The van der Waals surface area contributed by atoms with Gasteiger partial charge in [-0.05, 0) is 43.9 Å². The number of amides is 2. The number of rotatable bonds is 7. The van der Waals surface area contributed by atoms with Crippen LogP contribution in [-0.2, 0) is 9.53 Å². The molecule has 1 aliphatic heterocycles. The Labute approximate surface area is 160 Å². The average Bonchev–Trinajstić information content (AvgIpc) is 2.62. The van der Waals surface area contributed by atoms with E-state index >= 15 is 0 Å². The summed E-state index contributed by atoms with van der Waals surface area (Å²) in [5, 5.41) is 4.97. The minimum Gasteiger partial charge on any atom is -0.383 e. The van der Waals surface area contributed by atoms with Gasteiger partial charge in [-0.3, -0.25) is 9.59 Å². The third-order valence-electron chi connectivity index (χ3n) is 4.59. The van der Waals surface area contributed by atoms with Crippen molar-refractivity contribution >= 4 is 34.8 Å². The highest BCUT2D eigenvalue weighted by Gasteiger charge is 2.22. The van der Waals surface area contributed by atoms with E-state index in [-0.39, 0.29) is 11.8 Å². The third kappa shape index (κ3) is 5.61. The number of anilines is 2. The van der Waals surface area contributed by atoms with Gasteiger partial charge in [0.15, 0.2) is 0 Å². The van der Waals surface area contributed by atoms with E-state index in [0.717, 1.165) is 31.6 Å². The number of alkyl halides is 1. The topological polar surface area (TPSA) is 70.7 Å². The molecule has 1 saturated heterocycles. The lowest BCUT2D eigenvalue weighted by Crippen LogP contribution is -2.35. The summed E-state index contributed by atoms with van der Waals surface area (Å²) in [5.74, 6) is 0.233. The molecule has 144 valence electrons. The number of halogens is 1. The highest BCUT2D eigenvalue weighted by molar-refractivity contribution is 6.32. The second-order valence-corrected chi connectivity index (χ2v) is 7.41. The van der Waals surface area contributed by atoms with Crippen molar-refractivity contribution in [2.75, 3.05) is 43.6 Å². The lowest BCUT2D eigenvalue weighted by molar-refractivity contribution is -0.115. The molecule has 6 nitrogen and oxygen atoms in total. The second kappa shape index (κ2) is 9.78. The third-order valence-corrected chi connectivity index (χ3v) is 4.78. The van der Waals surface area contributed by atoms with Gasteiger partial charge in [0.25, 0.3) is 5.91 Å². The number of benzene rings is 1. The maximum atomic E-state index is 12.7. The molecule has 2 amide bonds. The average molecular weight is 382 g/mol. The predicted octanol–water partition coefficient (Wildman–Crippen LogP) is 2.86. The zero-order chi connectivity index (χ0) is 19.1. The molecule has 1 aromatic carbocycles. The van der Waals surface area contributed by atoms with Crippen LogP contribution in [0, 0.1) is 5.92 Å². The van der Waals surface area contributed by atoms with E-state index in [1.807, 2.05) is 12.1 Å². The molecule has 2 N–H and O–H groups in total. The molecular weight excluding hydrogens is 354 g/mol. The molecule has 1 aliphatic rings.